The Morgan fingerprint density at radius 3 is 2.50 bits per heavy atom. The highest BCUT2D eigenvalue weighted by molar-refractivity contribution is 5.59. The Labute approximate surface area is 149 Å². The Balaban J connectivity index is 2.36. The number of nitrogens with zero attached hydrogens (tertiary/aromatic N) is 2. The molecule has 0 saturated heterocycles. The number of nitrogens with one attached hydrogen (secondary N) is 2. The summed E-state index contributed by atoms with van der Waals surface area (Å²) in [5, 5.41) is 15.0. The molecule has 2 rings (SSSR count). The molecule has 0 amide bonds. The minimum atomic E-state index is -4.63. The average Bonchev–Trinajstić information content (AvgIpc) is 2.58. The highest BCUT2D eigenvalue weighted by atomic mass is 19.4. The zero-order valence-corrected chi connectivity index (χ0v) is 14.6. The van der Waals surface area contributed by atoms with Gasteiger partial charge in [0.2, 0.25) is 5.95 Å². The number of methoxy groups -OCH3 is 1. The van der Waals surface area contributed by atoms with Gasteiger partial charge in [0, 0.05) is 17.8 Å². The van der Waals surface area contributed by atoms with Crippen molar-refractivity contribution in [2.75, 3.05) is 24.4 Å². The third-order valence-electron chi connectivity index (χ3n) is 3.67. The van der Waals surface area contributed by atoms with Crippen molar-refractivity contribution in [3.05, 3.63) is 36.0 Å². The van der Waals surface area contributed by atoms with E-state index in [9.17, 15) is 18.3 Å². The van der Waals surface area contributed by atoms with Crippen LogP contribution in [0.3, 0.4) is 0 Å². The molecule has 9 heteroatoms. The molecular formula is C17H21F3N4O2. The topological polar surface area (TPSA) is 79.3 Å². The van der Waals surface area contributed by atoms with Crippen molar-refractivity contribution in [3.8, 4) is 5.75 Å². The molecule has 0 spiro atoms. The van der Waals surface area contributed by atoms with Gasteiger partial charge in [-0.1, -0.05) is 19.9 Å². The molecule has 0 aliphatic heterocycles. The molecule has 0 aliphatic rings. The largest absolute Gasteiger partial charge is 0.497 e. The van der Waals surface area contributed by atoms with E-state index < -0.39 is 17.9 Å². The van der Waals surface area contributed by atoms with Gasteiger partial charge in [0.1, 0.15) is 11.6 Å². The van der Waals surface area contributed by atoms with E-state index in [0.717, 1.165) is 6.07 Å². The Morgan fingerprint density at radius 2 is 1.92 bits per heavy atom. The van der Waals surface area contributed by atoms with Gasteiger partial charge < -0.3 is 20.5 Å². The summed E-state index contributed by atoms with van der Waals surface area (Å²) in [6, 6.07) is 7.08. The highest BCUT2D eigenvalue weighted by Gasteiger charge is 2.34. The molecular weight excluding hydrogens is 349 g/mol. The first-order valence-corrected chi connectivity index (χ1v) is 7.97. The second kappa shape index (κ2) is 8.22. The summed E-state index contributed by atoms with van der Waals surface area (Å²) in [6.07, 6.45) is -4.63. The Kier molecular flexibility index (Phi) is 6.25. The fraction of sp³-hybridized carbons (Fsp3) is 0.412. The van der Waals surface area contributed by atoms with E-state index in [1.165, 1.54) is 7.11 Å². The number of hydrogen-bond acceptors (Lipinski definition) is 6. The number of halogens is 3. The summed E-state index contributed by atoms with van der Waals surface area (Å²) in [4.78, 5) is 7.61. The zero-order valence-electron chi connectivity index (χ0n) is 14.6. The molecule has 0 saturated carbocycles. The number of ether oxygens (including phenoxy) is 1. The number of hydrogen-bond donors (Lipinski definition) is 3. The van der Waals surface area contributed by atoms with Gasteiger partial charge in [-0.15, -0.1) is 0 Å². The smallest absolute Gasteiger partial charge is 0.433 e. The van der Waals surface area contributed by atoms with E-state index in [0.29, 0.717) is 11.4 Å². The van der Waals surface area contributed by atoms with E-state index in [4.69, 9.17) is 4.74 Å². The van der Waals surface area contributed by atoms with Crippen LogP contribution in [0.2, 0.25) is 0 Å². The van der Waals surface area contributed by atoms with Gasteiger partial charge in [0.15, 0.2) is 5.69 Å². The molecule has 1 heterocycles. The van der Waals surface area contributed by atoms with Crippen LogP contribution in [0.4, 0.5) is 30.6 Å². The molecule has 3 N–H and O–H groups in total. The molecule has 142 valence electrons. The first-order chi connectivity index (χ1) is 12.2. The molecule has 0 radical (unpaired) electrons. The van der Waals surface area contributed by atoms with Crippen LogP contribution in [0.1, 0.15) is 19.5 Å². The van der Waals surface area contributed by atoms with Crippen molar-refractivity contribution < 1.29 is 23.0 Å². The van der Waals surface area contributed by atoms with E-state index in [-0.39, 0.29) is 24.3 Å². The van der Waals surface area contributed by atoms with Gasteiger partial charge in [-0.3, -0.25) is 0 Å². The van der Waals surface area contributed by atoms with E-state index in [1.807, 2.05) is 13.8 Å². The van der Waals surface area contributed by atoms with Gasteiger partial charge in [0.25, 0.3) is 0 Å². The van der Waals surface area contributed by atoms with Crippen LogP contribution in [0.25, 0.3) is 0 Å². The number of aliphatic hydroxyl groups is 1. The van der Waals surface area contributed by atoms with Crippen LogP contribution >= 0.6 is 0 Å². The van der Waals surface area contributed by atoms with Crippen LogP contribution < -0.4 is 15.4 Å². The molecule has 1 aromatic carbocycles. The first-order valence-electron chi connectivity index (χ1n) is 7.97. The molecule has 6 nitrogen and oxygen atoms in total. The fourth-order valence-electron chi connectivity index (χ4n) is 2.16. The molecule has 0 aliphatic carbocycles. The van der Waals surface area contributed by atoms with Gasteiger partial charge >= 0.3 is 6.18 Å². The second-order valence-electron chi connectivity index (χ2n) is 5.99. The lowest BCUT2D eigenvalue weighted by Gasteiger charge is -2.21. The minimum absolute atomic E-state index is 0.0204. The molecule has 26 heavy (non-hydrogen) atoms. The molecule has 0 unspecified atom stereocenters. The third-order valence-corrected chi connectivity index (χ3v) is 3.67. The van der Waals surface area contributed by atoms with Crippen LogP contribution in [-0.2, 0) is 6.18 Å². The number of alkyl halides is 3. The lowest BCUT2D eigenvalue weighted by Crippen LogP contribution is -2.30. The SMILES string of the molecule is COc1cccc(Nc2cc(C(F)(F)F)nc(N[C@@H](CO)C(C)C)n2)c1. The van der Waals surface area contributed by atoms with E-state index >= 15 is 0 Å². The standard InChI is InChI=1S/C17H21F3N4O2/c1-10(2)13(9-25)22-16-23-14(17(18,19)20)8-15(24-16)21-11-5-4-6-12(7-11)26-3/h4-8,10,13,25H,9H2,1-3H3,(H2,21,22,23,24)/t13-/m0/s1. The maximum Gasteiger partial charge on any atom is 0.433 e. The molecule has 2 aromatic rings. The Morgan fingerprint density at radius 1 is 1.19 bits per heavy atom. The van der Waals surface area contributed by atoms with Crippen LogP contribution in [0, 0.1) is 5.92 Å². The third kappa shape index (κ3) is 5.22. The normalized spacial score (nSPS) is 12.8. The number of anilines is 3. The summed E-state index contributed by atoms with van der Waals surface area (Å²) in [6.45, 7) is 3.41. The summed E-state index contributed by atoms with van der Waals surface area (Å²) in [7, 11) is 1.49. The van der Waals surface area contributed by atoms with E-state index in [1.54, 1.807) is 24.3 Å². The molecule has 0 bridgehead atoms. The van der Waals surface area contributed by atoms with Gasteiger partial charge in [-0.2, -0.15) is 18.2 Å². The zero-order chi connectivity index (χ0) is 19.3. The average molecular weight is 370 g/mol. The van der Waals surface area contributed by atoms with Gasteiger partial charge in [-0.25, -0.2) is 4.98 Å². The molecule has 1 aromatic heterocycles. The summed E-state index contributed by atoms with van der Waals surface area (Å²) < 4.78 is 44.6. The minimum Gasteiger partial charge on any atom is -0.497 e. The van der Waals surface area contributed by atoms with Crippen molar-refractivity contribution >= 4 is 17.5 Å². The Hall–Kier alpha value is -2.55. The monoisotopic (exact) mass is 370 g/mol. The molecule has 1 atom stereocenters. The molecule has 0 fully saturated rings. The van der Waals surface area contributed by atoms with Gasteiger partial charge in [-0.05, 0) is 18.1 Å². The Bertz CT molecular complexity index is 738. The van der Waals surface area contributed by atoms with Crippen molar-refractivity contribution in [1.29, 1.82) is 0 Å². The predicted molar refractivity (Wildman–Crippen MR) is 92.6 cm³/mol. The quantitative estimate of drug-likeness (QED) is 0.690. The summed E-state index contributed by atoms with van der Waals surface area (Å²) >= 11 is 0. The summed E-state index contributed by atoms with van der Waals surface area (Å²) in [5.74, 6) is 0.299. The fourth-order valence-corrected chi connectivity index (χ4v) is 2.16. The maximum atomic E-state index is 13.2. The van der Waals surface area contributed by atoms with E-state index in [2.05, 4.69) is 20.6 Å². The summed E-state index contributed by atoms with van der Waals surface area (Å²) in [5.41, 5.74) is -0.564. The maximum absolute atomic E-state index is 13.2. The lowest BCUT2D eigenvalue weighted by atomic mass is 10.1. The van der Waals surface area contributed by atoms with Crippen LogP contribution in [-0.4, -0.2) is 34.8 Å². The lowest BCUT2D eigenvalue weighted by molar-refractivity contribution is -0.141. The predicted octanol–water partition coefficient (Wildman–Crippen LogP) is 3.68. The number of aliphatic hydroxyl groups excluding tert-OH is 1. The van der Waals surface area contributed by atoms with Crippen LogP contribution in [0.15, 0.2) is 30.3 Å². The second-order valence-corrected chi connectivity index (χ2v) is 5.99. The number of benzene rings is 1. The number of aromatic nitrogens is 2. The van der Waals surface area contributed by atoms with Crippen LogP contribution in [0.5, 0.6) is 5.75 Å². The van der Waals surface area contributed by atoms with Gasteiger partial charge in [0.05, 0.1) is 19.8 Å². The number of rotatable bonds is 7. The van der Waals surface area contributed by atoms with Crippen molar-refractivity contribution in [2.24, 2.45) is 5.92 Å². The van der Waals surface area contributed by atoms with Crippen molar-refractivity contribution in [3.63, 3.8) is 0 Å². The van der Waals surface area contributed by atoms with Crippen molar-refractivity contribution in [2.45, 2.75) is 26.1 Å². The van der Waals surface area contributed by atoms with Crippen molar-refractivity contribution in [1.82, 2.24) is 9.97 Å². The first kappa shape index (κ1) is 19.8. The highest BCUT2D eigenvalue weighted by Crippen LogP contribution is 2.31.